The first kappa shape index (κ1) is 19.4. The molecule has 0 radical (unpaired) electrons. The second kappa shape index (κ2) is 8.97. The van der Waals surface area contributed by atoms with Gasteiger partial charge >= 0.3 is 5.97 Å². The smallest absolute Gasteiger partial charge is 0.325 e. The molecule has 1 amide bonds. The Kier molecular flexibility index (Phi) is 6.96. The van der Waals surface area contributed by atoms with E-state index < -0.39 is 5.97 Å². The van der Waals surface area contributed by atoms with Gasteiger partial charge in [-0.25, -0.2) is 0 Å². The van der Waals surface area contributed by atoms with E-state index >= 15 is 0 Å². The number of esters is 1. The highest BCUT2D eigenvalue weighted by Crippen LogP contribution is 2.23. The van der Waals surface area contributed by atoms with Crippen molar-refractivity contribution in [3.05, 3.63) is 35.9 Å². The highest BCUT2D eigenvalue weighted by Gasteiger charge is 2.33. The summed E-state index contributed by atoms with van der Waals surface area (Å²) in [5, 5.41) is 2.58. The standard InChI is InChI=1S/C19H29N3O3/c1-19(2)15-21(10-9-17(23)20-13-18(24)25-3)11-12-22(19)14-16-7-5-4-6-8-16/h4-8H,9-15H2,1-3H3,(H,20,23). The zero-order valence-electron chi connectivity index (χ0n) is 15.5. The summed E-state index contributed by atoms with van der Waals surface area (Å²) in [5.41, 5.74) is 1.38. The van der Waals surface area contributed by atoms with Crippen LogP contribution in [0.5, 0.6) is 0 Å². The fourth-order valence-corrected chi connectivity index (χ4v) is 3.17. The van der Waals surface area contributed by atoms with Gasteiger partial charge in [0.05, 0.1) is 7.11 Å². The van der Waals surface area contributed by atoms with Crippen LogP contribution >= 0.6 is 0 Å². The Hall–Kier alpha value is -1.92. The molecule has 1 aliphatic heterocycles. The maximum atomic E-state index is 11.8. The zero-order chi connectivity index (χ0) is 18.3. The van der Waals surface area contributed by atoms with Crippen LogP contribution < -0.4 is 5.32 Å². The minimum Gasteiger partial charge on any atom is -0.468 e. The van der Waals surface area contributed by atoms with E-state index in [1.165, 1.54) is 12.7 Å². The van der Waals surface area contributed by atoms with Crippen molar-refractivity contribution in [3.8, 4) is 0 Å². The monoisotopic (exact) mass is 347 g/mol. The number of nitrogens with zero attached hydrogens (tertiary/aromatic N) is 2. The van der Waals surface area contributed by atoms with Crippen molar-refractivity contribution >= 4 is 11.9 Å². The van der Waals surface area contributed by atoms with E-state index in [1.54, 1.807) is 0 Å². The number of carbonyl (C=O) groups excluding carboxylic acids is 2. The van der Waals surface area contributed by atoms with Crippen LogP contribution in [0.15, 0.2) is 30.3 Å². The molecule has 2 rings (SSSR count). The number of hydrogen-bond donors (Lipinski definition) is 1. The summed E-state index contributed by atoms with van der Waals surface area (Å²) in [6.45, 7) is 8.93. The van der Waals surface area contributed by atoms with E-state index in [2.05, 4.69) is 58.0 Å². The van der Waals surface area contributed by atoms with Crippen molar-refractivity contribution in [2.24, 2.45) is 0 Å². The van der Waals surface area contributed by atoms with Gasteiger partial charge in [0.25, 0.3) is 0 Å². The number of carbonyl (C=O) groups is 2. The van der Waals surface area contributed by atoms with Crippen molar-refractivity contribution < 1.29 is 14.3 Å². The molecule has 1 fully saturated rings. The van der Waals surface area contributed by atoms with Crippen molar-refractivity contribution in [1.82, 2.24) is 15.1 Å². The number of amides is 1. The van der Waals surface area contributed by atoms with Gasteiger partial charge in [-0.3, -0.25) is 19.4 Å². The lowest BCUT2D eigenvalue weighted by molar-refractivity contribution is -0.141. The van der Waals surface area contributed by atoms with E-state index in [0.29, 0.717) is 13.0 Å². The Morgan fingerprint density at radius 2 is 1.92 bits per heavy atom. The molecule has 0 aliphatic carbocycles. The Morgan fingerprint density at radius 1 is 1.20 bits per heavy atom. The molecule has 0 aromatic heterocycles. The second-order valence-electron chi connectivity index (χ2n) is 7.10. The van der Waals surface area contributed by atoms with Gasteiger partial charge in [0.15, 0.2) is 0 Å². The minimum absolute atomic E-state index is 0.0522. The van der Waals surface area contributed by atoms with Crippen LogP contribution in [0, 0.1) is 0 Å². The molecule has 1 aromatic rings. The van der Waals surface area contributed by atoms with Crippen LogP contribution in [0.3, 0.4) is 0 Å². The van der Waals surface area contributed by atoms with Crippen LogP contribution in [0.4, 0.5) is 0 Å². The largest absolute Gasteiger partial charge is 0.468 e. The molecule has 0 saturated carbocycles. The first-order valence-electron chi connectivity index (χ1n) is 8.75. The molecule has 1 N–H and O–H groups in total. The number of methoxy groups -OCH3 is 1. The molecule has 0 atom stereocenters. The van der Waals surface area contributed by atoms with Gasteiger partial charge in [0, 0.05) is 44.7 Å². The summed E-state index contributed by atoms with van der Waals surface area (Å²) in [6, 6.07) is 10.5. The van der Waals surface area contributed by atoms with Crippen LogP contribution in [-0.4, -0.2) is 67.0 Å². The Bertz CT molecular complexity index is 575. The maximum absolute atomic E-state index is 11.8. The zero-order valence-corrected chi connectivity index (χ0v) is 15.5. The molecule has 6 nitrogen and oxygen atoms in total. The van der Waals surface area contributed by atoms with Crippen LogP contribution in [-0.2, 0) is 20.9 Å². The summed E-state index contributed by atoms with van der Waals surface area (Å²) >= 11 is 0. The van der Waals surface area contributed by atoms with Gasteiger partial charge in [0.2, 0.25) is 5.91 Å². The van der Waals surface area contributed by atoms with E-state index in [9.17, 15) is 9.59 Å². The third kappa shape index (κ3) is 6.14. The fraction of sp³-hybridized carbons (Fsp3) is 0.579. The van der Waals surface area contributed by atoms with E-state index in [1.807, 2.05) is 6.07 Å². The number of ether oxygens (including phenoxy) is 1. The molecule has 1 aromatic carbocycles. The van der Waals surface area contributed by atoms with Gasteiger partial charge in [-0.2, -0.15) is 0 Å². The molecule has 25 heavy (non-hydrogen) atoms. The third-order valence-electron chi connectivity index (χ3n) is 4.68. The average molecular weight is 347 g/mol. The Morgan fingerprint density at radius 3 is 2.56 bits per heavy atom. The summed E-state index contributed by atoms with van der Waals surface area (Å²) in [4.78, 5) is 27.7. The van der Waals surface area contributed by atoms with Crippen molar-refractivity contribution in [2.75, 3.05) is 39.8 Å². The first-order chi connectivity index (χ1) is 11.9. The number of nitrogens with one attached hydrogen (secondary N) is 1. The van der Waals surface area contributed by atoms with E-state index in [-0.39, 0.29) is 18.0 Å². The molecule has 0 spiro atoms. The number of piperazine rings is 1. The fourth-order valence-electron chi connectivity index (χ4n) is 3.17. The van der Waals surface area contributed by atoms with Crippen molar-refractivity contribution in [1.29, 1.82) is 0 Å². The second-order valence-corrected chi connectivity index (χ2v) is 7.10. The summed E-state index contributed by atoms with van der Waals surface area (Å²) in [7, 11) is 1.31. The Balaban J connectivity index is 1.77. The molecule has 0 unspecified atom stereocenters. The maximum Gasteiger partial charge on any atom is 0.325 e. The normalized spacial score (nSPS) is 17.9. The molecule has 138 valence electrons. The SMILES string of the molecule is COC(=O)CNC(=O)CCN1CCN(Cc2ccccc2)C(C)(C)C1. The number of hydrogen-bond acceptors (Lipinski definition) is 5. The predicted octanol–water partition coefficient (Wildman–Crippen LogP) is 1.26. The van der Waals surface area contributed by atoms with E-state index in [4.69, 9.17) is 0 Å². The number of benzene rings is 1. The molecule has 1 saturated heterocycles. The third-order valence-corrected chi connectivity index (χ3v) is 4.68. The van der Waals surface area contributed by atoms with Crippen molar-refractivity contribution in [2.45, 2.75) is 32.4 Å². The summed E-state index contributed by atoms with van der Waals surface area (Å²) in [5.74, 6) is -0.543. The predicted molar refractivity (Wildman–Crippen MR) is 97.0 cm³/mol. The Labute approximate surface area is 150 Å². The topological polar surface area (TPSA) is 61.9 Å². The molecule has 1 aliphatic rings. The summed E-state index contributed by atoms with van der Waals surface area (Å²) < 4.78 is 4.51. The lowest BCUT2D eigenvalue weighted by Gasteiger charge is -2.47. The molecule has 6 heteroatoms. The molecule has 1 heterocycles. The van der Waals surface area contributed by atoms with Gasteiger partial charge in [-0.05, 0) is 19.4 Å². The first-order valence-corrected chi connectivity index (χ1v) is 8.75. The van der Waals surface area contributed by atoms with Crippen LogP contribution in [0.2, 0.25) is 0 Å². The lowest BCUT2D eigenvalue weighted by atomic mass is 9.97. The van der Waals surface area contributed by atoms with Gasteiger partial charge < -0.3 is 10.1 Å². The highest BCUT2D eigenvalue weighted by molar-refractivity contribution is 5.81. The van der Waals surface area contributed by atoms with Gasteiger partial charge in [-0.1, -0.05) is 30.3 Å². The highest BCUT2D eigenvalue weighted by atomic mass is 16.5. The van der Waals surface area contributed by atoms with Gasteiger partial charge in [-0.15, -0.1) is 0 Å². The number of rotatable bonds is 7. The molecule has 0 bridgehead atoms. The van der Waals surface area contributed by atoms with Crippen LogP contribution in [0.25, 0.3) is 0 Å². The molecular formula is C19H29N3O3. The van der Waals surface area contributed by atoms with E-state index in [0.717, 1.165) is 26.2 Å². The minimum atomic E-state index is -0.427. The molecular weight excluding hydrogens is 318 g/mol. The van der Waals surface area contributed by atoms with Crippen molar-refractivity contribution in [3.63, 3.8) is 0 Å². The quantitative estimate of drug-likeness (QED) is 0.753. The average Bonchev–Trinajstić information content (AvgIpc) is 2.60. The summed E-state index contributed by atoms with van der Waals surface area (Å²) in [6.07, 6.45) is 0.395. The lowest BCUT2D eigenvalue weighted by Crippen LogP contribution is -2.59. The van der Waals surface area contributed by atoms with Crippen LogP contribution in [0.1, 0.15) is 25.8 Å². The van der Waals surface area contributed by atoms with Gasteiger partial charge in [0.1, 0.15) is 6.54 Å².